The standard InChI is InChI=1S/C12H16N4O2S/c1-8-2-3-15(6-10(8)17)5-9-4-11(18)16-12(14-9)19-7-13-16/h4,7-8,10,17H,2-3,5-6H2,1H3. The van der Waals surface area contributed by atoms with Crippen LogP contribution in [-0.4, -0.2) is 43.8 Å². The topological polar surface area (TPSA) is 70.7 Å². The molecule has 0 aliphatic carbocycles. The van der Waals surface area contributed by atoms with Crippen molar-refractivity contribution < 1.29 is 5.11 Å². The summed E-state index contributed by atoms with van der Waals surface area (Å²) in [6.07, 6.45) is 0.685. The van der Waals surface area contributed by atoms with Gasteiger partial charge in [-0.1, -0.05) is 18.3 Å². The molecule has 19 heavy (non-hydrogen) atoms. The Morgan fingerprint density at radius 1 is 1.58 bits per heavy atom. The van der Waals surface area contributed by atoms with Crippen molar-refractivity contribution in [3.8, 4) is 0 Å². The van der Waals surface area contributed by atoms with Crippen LogP contribution in [0.5, 0.6) is 0 Å². The molecule has 6 nitrogen and oxygen atoms in total. The number of fused-ring (bicyclic) bond motifs is 1. The lowest BCUT2D eigenvalue weighted by atomic mass is 9.96. The van der Waals surface area contributed by atoms with Crippen molar-refractivity contribution in [2.24, 2.45) is 5.92 Å². The van der Waals surface area contributed by atoms with Crippen molar-refractivity contribution in [3.63, 3.8) is 0 Å². The second-order valence-electron chi connectivity index (χ2n) is 5.09. The Bertz CT molecular complexity index is 638. The van der Waals surface area contributed by atoms with Gasteiger partial charge in [0.05, 0.1) is 11.8 Å². The second-order valence-corrected chi connectivity index (χ2v) is 5.90. The molecule has 102 valence electrons. The van der Waals surface area contributed by atoms with Crippen LogP contribution in [0.4, 0.5) is 0 Å². The summed E-state index contributed by atoms with van der Waals surface area (Å²) in [6.45, 7) is 4.25. The van der Waals surface area contributed by atoms with Crippen LogP contribution in [0.15, 0.2) is 16.4 Å². The Morgan fingerprint density at radius 3 is 3.21 bits per heavy atom. The molecule has 0 saturated carbocycles. The van der Waals surface area contributed by atoms with Gasteiger partial charge in [0.2, 0.25) is 4.96 Å². The zero-order valence-electron chi connectivity index (χ0n) is 10.7. The fraction of sp³-hybridized carbons (Fsp3) is 0.583. The van der Waals surface area contributed by atoms with Crippen molar-refractivity contribution in [2.75, 3.05) is 13.1 Å². The largest absolute Gasteiger partial charge is 0.392 e. The number of likely N-dealkylation sites (tertiary alicyclic amines) is 1. The highest BCUT2D eigenvalue weighted by atomic mass is 32.1. The molecule has 1 fully saturated rings. The smallest absolute Gasteiger partial charge is 0.275 e. The average molecular weight is 280 g/mol. The Hall–Kier alpha value is -1.31. The third-order valence-electron chi connectivity index (χ3n) is 3.63. The van der Waals surface area contributed by atoms with Crippen LogP contribution in [0.2, 0.25) is 0 Å². The molecule has 2 unspecified atom stereocenters. The highest BCUT2D eigenvalue weighted by Crippen LogP contribution is 2.18. The quantitative estimate of drug-likeness (QED) is 0.859. The van der Waals surface area contributed by atoms with Gasteiger partial charge in [-0.15, -0.1) is 0 Å². The Balaban J connectivity index is 1.80. The summed E-state index contributed by atoms with van der Waals surface area (Å²) in [4.78, 5) is 19.0. The molecule has 0 aromatic carbocycles. The molecule has 1 N–H and O–H groups in total. The number of nitrogens with zero attached hydrogens (tertiary/aromatic N) is 4. The van der Waals surface area contributed by atoms with E-state index in [1.165, 1.54) is 21.9 Å². The van der Waals surface area contributed by atoms with Crippen molar-refractivity contribution >= 4 is 16.3 Å². The van der Waals surface area contributed by atoms with Gasteiger partial charge in [0.25, 0.3) is 5.56 Å². The first kappa shape index (κ1) is 12.7. The molecule has 2 atom stereocenters. The molecule has 1 aliphatic heterocycles. The van der Waals surface area contributed by atoms with E-state index in [1.54, 1.807) is 5.51 Å². The summed E-state index contributed by atoms with van der Waals surface area (Å²) in [6, 6.07) is 1.52. The first-order valence-electron chi connectivity index (χ1n) is 6.36. The van der Waals surface area contributed by atoms with E-state index in [0.717, 1.165) is 18.7 Å². The van der Waals surface area contributed by atoms with Gasteiger partial charge >= 0.3 is 0 Å². The number of aliphatic hydroxyl groups is 1. The van der Waals surface area contributed by atoms with Crippen LogP contribution in [0.25, 0.3) is 4.96 Å². The third-order valence-corrected chi connectivity index (χ3v) is 4.30. The van der Waals surface area contributed by atoms with Crippen molar-refractivity contribution in [3.05, 3.63) is 27.6 Å². The number of aromatic nitrogens is 3. The Kier molecular flexibility index (Phi) is 3.34. The van der Waals surface area contributed by atoms with E-state index in [9.17, 15) is 9.90 Å². The maximum Gasteiger partial charge on any atom is 0.275 e. The lowest BCUT2D eigenvalue weighted by Gasteiger charge is -2.33. The lowest BCUT2D eigenvalue weighted by Crippen LogP contribution is -2.42. The Labute approximate surface area is 114 Å². The molecular weight excluding hydrogens is 264 g/mol. The van der Waals surface area contributed by atoms with Gasteiger partial charge in [-0.25, -0.2) is 4.98 Å². The molecule has 2 aromatic rings. The average Bonchev–Trinajstić information content (AvgIpc) is 2.82. The van der Waals surface area contributed by atoms with E-state index in [2.05, 4.69) is 21.9 Å². The summed E-state index contributed by atoms with van der Waals surface area (Å²) in [5.74, 6) is 0.346. The zero-order valence-corrected chi connectivity index (χ0v) is 11.5. The fourth-order valence-electron chi connectivity index (χ4n) is 2.37. The van der Waals surface area contributed by atoms with Crippen LogP contribution in [0.3, 0.4) is 0 Å². The Morgan fingerprint density at radius 2 is 2.42 bits per heavy atom. The molecular formula is C12H16N4O2S. The van der Waals surface area contributed by atoms with Gasteiger partial charge in [0, 0.05) is 19.2 Å². The van der Waals surface area contributed by atoms with Crippen LogP contribution < -0.4 is 5.56 Å². The van der Waals surface area contributed by atoms with E-state index in [0.29, 0.717) is 24.0 Å². The number of hydrogen-bond acceptors (Lipinski definition) is 6. The lowest BCUT2D eigenvalue weighted by molar-refractivity contribution is 0.0254. The van der Waals surface area contributed by atoms with Crippen LogP contribution in [0.1, 0.15) is 19.0 Å². The molecule has 0 spiro atoms. The number of aliphatic hydroxyl groups excluding tert-OH is 1. The van der Waals surface area contributed by atoms with Gasteiger partial charge in [0.1, 0.15) is 5.51 Å². The molecule has 2 aromatic heterocycles. The van der Waals surface area contributed by atoms with E-state index in [-0.39, 0.29) is 11.7 Å². The first-order valence-corrected chi connectivity index (χ1v) is 7.24. The van der Waals surface area contributed by atoms with Crippen LogP contribution in [-0.2, 0) is 6.54 Å². The third kappa shape index (κ3) is 2.54. The predicted octanol–water partition coefficient (Wildman–Crippen LogP) is 0.354. The maximum atomic E-state index is 11.8. The number of hydrogen-bond donors (Lipinski definition) is 1. The molecule has 7 heteroatoms. The van der Waals surface area contributed by atoms with E-state index >= 15 is 0 Å². The SMILES string of the molecule is CC1CCN(Cc2cc(=O)n3ncsc3n2)CC1O. The van der Waals surface area contributed by atoms with Gasteiger partial charge < -0.3 is 5.11 Å². The molecule has 3 rings (SSSR count). The van der Waals surface area contributed by atoms with Crippen molar-refractivity contribution in [1.29, 1.82) is 0 Å². The molecule has 1 aliphatic rings. The number of piperidine rings is 1. The van der Waals surface area contributed by atoms with Crippen molar-refractivity contribution in [2.45, 2.75) is 26.0 Å². The highest BCUT2D eigenvalue weighted by molar-refractivity contribution is 7.14. The summed E-state index contributed by atoms with van der Waals surface area (Å²) < 4.78 is 1.31. The minimum absolute atomic E-state index is 0.146. The number of rotatable bonds is 2. The summed E-state index contributed by atoms with van der Waals surface area (Å²) in [7, 11) is 0. The minimum Gasteiger partial charge on any atom is -0.392 e. The zero-order chi connectivity index (χ0) is 13.4. The molecule has 0 amide bonds. The maximum absolute atomic E-state index is 11.8. The van der Waals surface area contributed by atoms with E-state index < -0.39 is 0 Å². The van der Waals surface area contributed by atoms with E-state index in [1.807, 2.05) is 0 Å². The van der Waals surface area contributed by atoms with Crippen LogP contribution >= 0.6 is 11.3 Å². The number of β-amino-alcohol motifs (C(OH)–C–C–N with tert-alkyl or cyclic N) is 1. The summed E-state index contributed by atoms with van der Waals surface area (Å²) >= 11 is 1.35. The van der Waals surface area contributed by atoms with E-state index in [4.69, 9.17) is 0 Å². The predicted molar refractivity (Wildman–Crippen MR) is 72.2 cm³/mol. The summed E-state index contributed by atoms with van der Waals surface area (Å²) in [5, 5.41) is 13.8. The fourth-order valence-corrected chi connectivity index (χ4v) is 3.01. The van der Waals surface area contributed by atoms with Crippen molar-refractivity contribution in [1.82, 2.24) is 19.5 Å². The second kappa shape index (κ2) is 4.99. The first-order chi connectivity index (χ1) is 9.13. The monoisotopic (exact) mass is 280 g/mol. The molecule has 0 bridgehead atoms. The van der Waals surface area contributed by atoms with Gasteiger partial charge in [-0.3, -0.25) is 9.69 Å². The molecule has 1 saturated heterocycles. The highest BCUT2D eigenvalue weighted by Gasteiger charge is 2.24. The van der Waals surface area contributed by atoms with Gasteiger partial charge in [0.15, 0.2) is 0 Å². The molecule has 0 radical (unpaired) electrons. The van der Waals surface area contributed by atoms with Gasteiger partial charge in [-0.05, 0) is 18.9 Å². The van der Waals surface area contributed by atoms with Gasteiger partial charge in [-0.2, -0.15) is 9.61 Å². The molecule has 3 heterocycles. The normalized spacial score (nSPS) is 24.9. The minimum atomic E-state index is -0.290. The van der Waals surface area contributed by atoms with Crippen LogP contribution in [0, 0.1) is 5.92 Å². The summed E-state index contributed by atoms with van der Waals surface area (Å²) in [5.41, 5.74) is 2.21.